The molecule has 0 heterocycles. The zero-order valence-electron chi connectivity index (χ0n) is 11.7. The van der Waals surface area contributed by atoms with Crippen LogP contribution in [0.1, 0.15) is 38.5 Å². The van der Waals surface area contributed by atoms with Crippen molar-refractivity contribution in [2.45, 2.75) is 44.6 Å². The number of nitrogens with one attached hydrogen (secondary N) is 1. The van der Waals surface area contributed by atoms with E-state index < -0.39 is 0 Å². The maximum atomic E-state index is 9.66. The first-order valence-corrected chi connectivity index (χ1v) is 8.67. The van der Waals surface area contributed by atoms with Crippen LogP contribution >= 0.6 is 11.8 Å². The van der Waals surface area contributed by atoms with Crippen molar-refractivity contribution in [3.63, 3.8) is 0 Å². The van der Waals surface area contributed by atoms with Gasteiger partial charge in [0.05, 0.1) is 12.7 Å². The molecule has 4 heteroatoms. The van der Waals surface area contributed by atoms with Gasteiger partial charge in [-0.3, -0.25) is 0 Å². The molecule has 0 bridgehead atoms. The molecule has 0 aliphatic heterocycles. The summed E-state index contributed by atoms with van der Waals surface area (Å²) < 4.78 is 5.45. The summed E-state index contributed by atoms with van der Waals surface area (Å²) in [5.41, 5.74) is 0. The number of thioether (sulfide) groups is 1. The van der Waals surface area contributed by atoms with Gasteiger partial charge in [0.1, 0.15) is 0 Å². The normalized spacial score (nSPS) is 17.0. The van der Waals surface area contributed by atoms with Crippen LogP contribution in [0, 0.1) is 5.92 Å². The van der Waals surface area contributed by atoms with Crippen LogP contribution in [0.4, 0.5) is 0 Å². The van der Waals surface area contributed by atoms with Gasteiger partial charge in [-0.25, -0.2) is 0 Å². The van der Waals surface area contributed by atoms with E-state index >= 15 is 0 Å². The third-order valence-electron chi connectivity index (χ3n) is 3.19. The Labute approximate surface area is 116 Å². The Kier molecular flexibility index (Phi) is 10.0. The van der Waals surface area contributed by atoms with E-state index in [2.05, 4.69) is 11.6 Å². The number of ether oxygens (including phenoxy) is 1. The van der Waals surface area contributed by atoms with E-state index in [9.17, 15) is 5.11 Å². The highest BCUT2D eigenvalue weighted by Gasteiger charge is 2.21. The second-order valence-electron chi connectivity index (χ2n) is 5.25. The van der Waals surface area contributed by atoms with Gasteiger partial charge in [-0.05, 0) is 50.2 Å². The smallest absolute Gasteiger partial charge is 0.0897 e. The topological polar surface area (TPSA) is 41.5 Å². The number of hydrogen-bond donors (Lipinski definition) is 2. The minimum Gasteiger partial charge on any atom is -0.389 e. The Morgan fingerprint density at radius 2 is 2.06 bits per heavy atom. The molecule has 1 aliphatic carbocycles. The number of hydrogen-bond acceptors (Lipinski definition) is 4. The van der Waals surface area contributed by atoms with E-state index in [0.717, 1.165) is 19.1 Å². The van der Waals surface area contributed by atoms with E-state index in [1.165, 1.54) is 44.3 Å². The lowest BCUT2D eigenvalue weighted by Crippen LogP contribution is -2.31. The molecule has 1 atom stereocenters. The van der Waals surface area contributed by atoms with Crippen LogP contribution in [0.3, 0.4) is 0 Å². The summed E-state index contributed by atoms with van der Waals surface area (Å²) >= 11 is 1.93. The van der Waals surface area contributed by atoms with Gasteiger partial charge in [0.15, 0.2) is 0 Å². The van der Waals surface area contributed by atoms with Gasteiger partial charge in [0.2, 0.25) is 0 Å². The van der Waals surface area contributed by atoms with Crippen LogP contribution in [0.15, 0.2) is 0 Å². The standard InChI is InChI=1S/C14H29NO2S/c1-18-9-5-3-2-4-8-15-10-14(16)12-17-11-13-6-7-13/h13-16H,2-12H2,1H3. The Morgan fingerprint density at radius 3 is 2.78 bits per heavy atom. The molecule has 1 unspecified atom stereocenters. The lowest BCUT2D eigenvalue weighted by Gasteiger charge is -2.12. The molecule has 0 spiro atoms. The van der Waals surface area contributed by atoms with E-state index in [0.29, 0.717) is 13.2 Å². The summed E-state index contributed by atoms with van der Waals surface area (Å²) in [4.78, 5) is 0. The summed E-state index contributed by atoms with van der Waals surface area (Å²) in [6, 6.07) is 0. The summed E-state index contributed by atoms with van der Waals surface area (Å²) in [6.45, 7) is 3.00. The van der Waals surface area contributed by atoms with Crippen LogP contribution in [-0.2, 0) is 4.74 Å². The molecule has 0 radical (unpaired) electrons. The van der Waals surface area contributed by atoms with Crippen LogP contribution in [0.5, 0.6) is 0 Å². The van der Waals surface area contributed by atoms with E-state index in [-0.39, 0.29) is 6.10 Å². The summed E-state index contributed by atoms with van der Waals surface area (Å²) in [6.07, 6.45) is 9.60. The van der Waals surface area contributed by atoms with Crippen molar-refractivity contribution < 1.29 is 9.84 Å². The van der Waals surface area contributed by atoms with Crippen LogP contribution in [0.25, 0.3) is 0 Å². The van der Waals surface area contributed by atoms with Gasteiger partial charge in [0, 0.05) is 13.2 Å². The van der Waals surface area contributed by atoms with Crippen molar-refractivity contribution in [1.82, 2.24) is 5.32 Å². The van der Waals surface area contributed by atoms with Crippen LogP contribution in [0.2, 0.25) is 0 Å². The maximum absolute atomic E-state index is 9.66. The van der Waals surface area contributed by atoms with Gasteiger partial charge >= 0.3 is 0 Å². The van der Waals surface area contributed by atoms with Crippen LogP contribution in [-0.4, -0.2) is 49.5 Å². The molecule has 1 aliphatic rings. The highest BCUT2D eigenvalue weighted by Crippen LogP contribution is 2.28. The minimum atomic E-state index is -0.347. The molecule has 0 amide bonds. The fourth-order valence-electron chi connectivity index (χ4n) is 1.83. The molecule has 2 N–H and O–H groups in total. The molecule has 108 valence electrons. The summed E-state index contributed by atoms with van der Waals surface area (Å²) in [5, 5.41) is 13.0. The predicted molar refractivity (Wildman–Crippen MR) is 79.3 cm³/mol. The number of aliphatic hydroxyl groups excluding tert-OH is 1. The molecule has 0 saturated heterocycles. The Bertz CT molecular complexity index is 189. The first-order chi connectivity index (χ1) is 8.83. The molecule has 3 nitrogen and oxygen atoms in total. The van der Waals surface area contributed by atoms with Crippen molar-refractivity contribution >= 4 is 11.8 Å². The van der Waals surface area contributed by atoms with E-state index in [1.807, 2.05) is 11.8 Å². The van der Waals surface area contributed by atoms with Crippen molar-refractivity contribution in [1.29, 1.82) is 0 Å². The fraction of sp³-hybridized carbons (Fsp3) is 1.00. The van der Waals surface area contributed by atoms with Crippen molar-refractivity contribution in [2.24, 2.45) is 5.92 Å². The Hall–Kier alpha value is 0.230. The molecular weight excluding hydrogens is 246 g/mol. The van der Waals surface area contributed by atoms with Gasteiger partial charge in [-0.1, -0.05) is 12.8 Å². The average molecular weight is 275 g/mol. The third-order valence-corrected chi connectivity index (χ3v) is 3.89. The SMILES string of the molecule is CSCCCCCCNCC(O)COCC1CC1. The van der Waals surface area contributed by atoms with Gasteiger partial charge in [0.25, 0.3) is 0 Å². The predicted octanol–water partition coefficient (Wildman–Crippen LogP) is 2.29. The Morgan fingerprint density at radius 1 is 1.28 bits per heavy atom. The maximum Gasteiger partial charge on any atom is 0.0897 e. The molecule has 18 heavy (non-hydrogen) atoms. The fourth-order valence-corrected chi connectivity index (χ4v) is 2.33. The lowest BCUT2D eigenvalue weighted by molar-refractivity contribution is 0.0326. The number of unbranched alkanes of at least 4 members (excludes halogenated alkanes) is 3. The molecule has 0 aromatic heterocycles. The average Bonchev–Trinajstić information content (AvgIpc) is 3.17. The number of aliphatic hydroxyl groups is 1. The zero-order valence-corrected chi connectivity index (χ0v) is 12.5. The molecule has 0 aromatic rings. The Balaban J connectivity index is 1.73. The zero-order chi connectivity index (χ0) is 13.1. The molecule has 0 aromatic carbocycles. The van der Waals surface area contributed by atoms with Gasteiger partial charge < -0.3 is 15.2 Å². The molecular formula is C14H29NO2S. The quantitative estimate of drug-likeness (QED) is 0.506. The third kappa shape index (κ3) is 10.2. The van der Waals surface area contributed by atoms with Crippen molar-refractivity contribution in [3.05, 3.63) is 0 Å². The second kappa shape index (κ2) is 11.1. The van der Waals surface area contributed by atoms with Gasteiger partial charge in [-0.2, -0.15) is 11.8 Å². The molecule has 1 rings (SSSR count). The number of rotatable bonds is 13. The van der Waals surface area contributed by atoms with Gasteiger partial charge in [-0.15, -0.1) is 0 Å². The second-order valence-corrected chi connectivity index (χ2v) is 6.23. The first-order valence-electron chi connectivity index (χ1n) is 7.28. The summed E-state index contributed by atoms with van der Waals surface area (Å²) in [7, 11) is 0. The van der Waals surface area contributed by atoms with Crippen LogP contribution < -0.4 is 5.32 Å². The minimum absolute atomic E-state index is 0.347. The molecule has 1 fully saturated rings. The van der Waals surface area contributed by atoms with Crippen molar-refractivity contribution in [2.75, 3.05) is 38.3 Å². The summed E-state index contributed by atoms with van der Waals surface area (Å²) in [5.74, 6) is 2.07. The monoisotopic (exact) mass is 275 g/mol. The highest BCUT2D eigenvalue weighted by molar-refractivity contribution is 7.98. The molecule has 1 saturated carbocycles. The highest BCUT2D eigenvalue weighted by atomic mass is 32.2. The van der Waals surface area contributed by atoms with Crippen molar-refractivity contribution in [3.8, 4) is 0 Å². The van der Waals surface area contributed by atoms with E-state index in [4.69, 9.17) is 4.74 Å². The largest absolute Gasteiger partial charge is 0.389 e. The lowest BCUT2D eigenvalue weighted by atomic mass is 10.2. The van der Waals surface area contributed by atoms with E-state index in [1.54, 1.807) is 0 Å². The first kappa shape index (κ1) is 16.3.